The first-order valence-corrected chi connectivity index (χ1v) is 6.42. The third kappa shape index (κ3) is 5.47. The lowest BCUT2D eigenvalue weighted by Crippen LogP contribution is -2.13. The van der Waals surface area contributed by atoms with E-state index in [9.17, 15) is 19.7 Å². The molecule has 0 saturated carbocycles. The normalized spacial score (nSPS) is 9.95. The fraction of sp³-hybridized carbons (Fsp3) is 0.385. The van der Waals surface area contributed by atoms with Crippen molar-refractivity contribution in [2.24, 2.45) is 0 Å². The van der Waals surface area contributed by atoms with Crippen LogP contribution < -0.4 is 10.6 Å². The molecule has 0 atom stereocenters. The highest BCUT2D eigenvalue weighted by Crippen LogP contribution is 2.26. The Morgan fingerprint density at radius 1 is 1.24 bits per heavy atom. The van der Waals surface area contributed by atoms with E-state index in [0.717, 1.165) is 0 Å². The van der Waals surface area contributed by atoms with E-state index in [4.69, 9.17) is 5.11 Å². The Morgan fingerprint density at radius 3 is 2.48 bits per heavy atom. The molecule has 0 aromatic heterocycles. The van der Waals surface area contributed by atoms with Crippen LogP contribution in [-0.2, 0) is 9.59 Å². The molecule has 0 spiro atoms. The number of hydrogen-bond donors (Lipinski definition) is 3. The molecule has 0 aliphatic carbocycles. The molecule has 3 N–H and O–H groups in total. The first kappa shape index (κ1) is 16.4. The highest BCUT2D eigenvalue weighted by Gasteiger charge is 2.12. The van der Waals surface area contributed by atoms with Gasteiger partial charge in [0.25, 0.3) is 5.69 Å². The molecule has 0 fully saturated rings. The summed E-state index contributed by atoms with van der Waals surface area (Å²) in [5, 5.41) is 24.6. The van der Waals surface area contributed by atoms with E-state index >= 15 is 0 Å². The van der Waals surface area contributed by atoms with Crippen LogP contribution in [0.15, 0.2) is 18.2 Å². The SMILES string of the molecule is CNc1ccc([N+](=O)[O-])cc1NC(=O)CCCCC(=O)O. The van der Waals surface area contributed by atoms with E-state index in [1.165, 1.54) is 18.2 Å². The second kappa shape index (κ2) is 7.83. The number of nitro groups is 1. The van der Waals surface area contributed by atoms with Crippen molar-refractivity contribution in [2.45, 2.75) is 25.7 Å². The number of amides is 1. The summed E-state index contributed by atoms with van der Waals surface area (Å²) in [6, 6.07) is 4.13. The zero-order valence-electron chi connectivity index (χ0n) is 11.6. The number of nitrogens with zero attached hydrogens (tertiary/aromatic N) is 1. The second-order valence-electron chi connectivity index (χ2n) is 4.39. The van der Waals surface area contributed by atoms with E-state index in [2.05, 4.69) is 10.6 Å². The fourth-order valence-electron chi connectivity index (χ4n) is 1.74. The van der Waals surface area contributed by atoms with Gasteiger partial charge in [0.2, 0.25) is 5.91 Å². The molecule has 21 heavy (non-hydrogen) atoms. The minimum Gasteiger partial charge on any atom is -0.481 e. The van der Waals surface area contributed by atoms with Crippen molar-refractivity contribution < 1.29 is 19.6 Å². The van der Waals surface area contributed by atoms with Crippen LogP contribution >= 0.6 is 0 Å². The van der Waals surface area contributed by atoms with Crippen molar-refractivity contribution in [2.75, 3.05) is 17.7 Å². The minimum absolute atomic E-state index is 0.0197. The smallest absolute Gasteiger partial charge is 0.303 e. The summed E-state index contributed by atoms with van der Waals surface area (Å²) < 4.78 is 0. The second-order valence-corrected chi connectivity index (χ2v) is 4.39. The molecule has 0 aliphatic heterocycles. The first-order valence-electron chi connectivity index (χ1n) is 6.42. The third-order valence-electron chi connectivity index (χ3n) is 2.80. The van der Waals surface area contributed by atoms with E-state index in [1.54, 1.807) is 7.05 Å². The van der Waals surface area contributed by atoms with Crippen molar-refractivity contribution in [1.82, 2.24) is 0 Å². The quantitative estimate of drug-likeness (QED) is 0.384. The third-order valence-corrected chi connectivity index (χ3v) is 2.80. The van der Waals surface area contributed by atoms with Crippen molar-refractivity contribution in [3.05, 3.63) is 28.3 Å². The number of carbonyl (C=O) groups excluding carboxylic acids is 1. The zero-order valence-corrected chi connectivity index (χ0v) is 11.6. The topological polar surface area (TPSA) is 122 Å². The van der Waals surface area contributed by atoms with Crippen LogP contribution in [0.4, 0.5) is 17.1 Å². The van der Waals surface area contributed by atoms with Crippen molar-refractivity contribution in [3.63, 3.8) is 0 Å². The van der Waals surface area contributed by atoms with E-state index in [1.807, 2.05) is 0 Å². The van der Waals surface area contributed by atoms with Crippen molar-refractivity contribution in [1.29, 1.82) is 0 Å². The lowest BCUT2D eigenvalue weighted by Gasteiger charge is -2.10. The molecule has 1 amide bonds. The molecule has 8 heteroatoms. The lowest BCUT2D eigenvalue weighted by molar-refractivity contribution is -0.384. The Kier molecular flexibility index (Phi) is 6.12. The summed E-state index contributed by atoms with van der Waals surface area (Å²) in [7, 11) is 1.64. The molecule has 8 nitrogen and oxygen atoms in total. The van der Waals surface area contributed by atoms with Gasteiger partial charge in [0.15, 0.2) is 0 Å². The molecule has 1 rings (SSSR count). The van der Waals surface area contributed by atoms with Crippen LogP contribution in [0.5, 0.6) is 0 Å². The van der Waals surface area contributed by atoms with Gasteiger partial charge in [-0.15, -0.1) is 0 Å². The number of nitrogens with one attached hydrogen (secondary N) is 2. The Bertz CT molecular complexity index is 545. The van der Waals surface area contributed by atoms with Crippen LogP contribution in [0.25, 0.3) is 0 Å². The molecule has 0 heterocycles. The maximum Gasteiger partial charge on any atom is 0.303 e. The Balaban J connectivity index is 2.63. The van der Waals surface area contributed by atoms with Gasteiger partial charge in [0, 0.05) is 32.0 Å². The predicted molar refractivity (Wildman–Crippen MR) is 77.4 cm³/mol. The number of nitro benzene ring substituents is 1. The number of benzene rings is 1. The van der Waals surface area contributed by atoms with Gasteiger partial charge in [-0.25, -0.2) is 0 Å². The number of unbranched alkanes of at least 4 members (excludes halogenated alkanes) is 1. The monoisotopic (exact) mass is 295 g/mol. The van der Waals surface area contributed by atoms with Gasteiger partial charge in [0.1, 0.15) is 0 Å². The van der Waals surface area contributed by atoms with Crippen LogP contribution in [0.3, 0.4) is 0 Å². The molecule has 1 aromatic rings. The Hall–Kier alpha value is -2.64. The highest BCUT2D eigenvalue weighted by atomic mass is 16.6. The molecule has 0 saturated heterocycles. The molecular formula is C13H17N3O5. The van der Waals surface area contributed by atoms with E-state index in [-0.39, 0.29) is 24.4 Å². The Morgan fingerprint density at radius 2 is 1.90 bits per heavy atom. The molecule has 114 valence electrons. The van der Waals surface area contributed by atoms with E-state index in [0.29, 0.717) is 24.2 Å². The molecule has 0 radical (unpaired) electrons. The number of rotatable bonds is 8. The summed E-state index contributed by atoms with van der Waals surface area (Å²) in [5.41, 5.74) is 0.782. The predicted octanol–water partition coefficient (Wildman–Crippen LogP) is 2.22. The molecular weight excluding hydrogens is 278 g/mol. The minimum atomic E-state index is -0.897. The maximum atomic E-state index is 11.8. The van der Waals surface area contributed by atoms with E-state index < -0.39 is 10.9 Å². The van der Waals surface area contributed by atoms with Crippen LogP contribution in [0, 0.1) is 10.1 Å². The van der Waals surface area contributed by atoms with Gasteiger partial charge in [-0.1, -0.05) is 0 Å². The van der Waals surface area contributed by atoms with Crippen LogP contribution in [-0.4, -0.2) is 29.0 Å². The van der Waals surface area contributed by atoms with Crippen molar-refractivity contribution >= 4 is 28.9 Å². The summed E-state index contributed by atoms with van der Waals surface area (Å²) in [4.78, 5) is 32.3. The molecule has 0 unspecified atom stereocenters. The fourth-order valence-corrected chi connectivity index (χ4v) is 1.74. The summed E-state index contributed by atoms with van der Waals surface area (Å²) >= 11 is 0. The average molecular weight is 295 g/mol. The van der Waals surface area contributed by atoms with Gasteiger partial charge in [-0.2, -0.15) is 0 Å². The van der Waals surface area contributed by atoms with Crippen molar-refractivity contribution in [3.8, 4) is 0 Å². The van der Waals surface area contributed by atoms with Gasteiger partial charge in [-0.3, -0.25) is 19.7 Å². The largest absolute Gasteiger partial charge is 0.481 e. The zero-order chi connectivity index (χ0) is 15.8. The number of anilines is 2. The Labute approximate surface area is 121 Å². The number of non-ortho nitro benzene ring substituents is 1. The number of carboxylic acids is 1. The standard InChI is InChI=1S/C13H17N3O5/c1-14-10-7-6-9(16(20)21)8-11(10)15-12(17)4-2-3-5-13(18)19/h6-8,14H,2-5H2,1H3,(H,15,17)(H,18,19). The van der Waals surface area contributed by atoms with Gasteiger partial charge < -0.3 is 15.7 Å². The number of carboxylic acid groups (broad SMARTS) is 1. The van der Waals surface area contributed by atoms with Crippen LogP contribution in [0.2, 0.25) is 0 Å². The number of aliphatic carboxylic acids is 1. The number of hydrogen-bond acceptors (Lipinski definition) is 5. The highest BCUT2D eigenvalue weighted by molar-refractivity contribution is 5.94. The van der Waals surface area contributed by atoms with Gasteiger partial charge >= 0.3 is 5.97 Å². The summed E-state index contributed by atoms with van der Waals surface area (Å²) in [6.45, 7) is 0. The molecule has 1 aromatic carbocycles. The molecule has 0 bridgehead atoms. The lowest BCUT2D eigenvalue weighted by atomic mass is 10.2. The average Bonchev–Trinajstić information content (AvgIpc) is 2.43. The maximum absolute atomic E-state index is 11.8. The summed E-state index contributed by atoms with van der Waals surface area (Å²) in [6.07, 6.45) is 1.05. The van der Waals surface area contributed by atoms with Crippen LogP contribution in [0.1, 0.15) is 25.7 Å². The summed E-state index contributed by atoms with van der Waals surface area (Å²) in [5.74, 6) is -1.20. The first-order chi connectivity index (χ1) is 9.93. The molecule has 0 aliphatic rings. The van der Waals surface area contributed by atoms with Gasteiger partial charge in [-0.05, 0) is 18.9 Å². The number of carbonyl (C=O) groups is 2. The van der Waals surface area contributed by atoms with Gasteiger partial charge in [0.05, 0.1) is 16.3 Å².